The fourth-order valence-corrected chi connectivity index (χ4v) is 2.19. The quantitative estimate of drug-likeness (QED) is 0.600. The molecule has 0 spiro atoms. The van der Waals surface area contributed by atoms with Crippen LogP contribution in [-0.2, 0) is 14.3 Å². The lowest BCUT2D eigenvalue weighted by Gasteiger charge is -2.08. The Morgan fingerprint density at radius 2 is 1.75 bits per heavy atom. The monoisotopic (exact) mass is 240 g/mol. The van der Waals surface area contributed by atoms with Crippen LogP contribution in [0.2, 0.25) is 0 Å². The average Bonchev–Trinajstić information content (AvgIpc) is 2.16. The molecule has 0 radical (unpaired) electrons. The van der Waals surface area contributed by atoms with Crippen molar-refractivity contribution in [3.05, 3.63) is 42.2 Å². The van der Waals surface area contributed by atoms with Crippen LogP contribution < -0.4 is 0 Å². The number of hydrogen-bond donors (Lipinski definition) is 0. The smallest absolute Gasteiger partial charge is 0.338 e. The average molecular weight is 240 g/mol. The third kappa shape index (κ3) is 3.10. The molecule has 1 rings (SSSR count). The van der Waals surface area contributed by atoms with E-state index >= 15 is 0 Å². The second-order valence-electron chi connectivity index (χ2n) is 3.96. The minimum absolute atomic E-state index is 0.153. The first-order valence-corrected chi connectivity index (χ1v) is 6.43. The fourth-order valence-electron chi connectivity index (χ4n) is 1.25. The maximum Gasteiger partial charge on any atom is 0.338 e. The molecule has 0 aliphatic heterocycles. The molecular formula is C12H16O3S. The van der Waals surface area contributed by atoms with Crippen molar-refractivity contribution in [2.24, 2.45) is 0 Å². The fraction of sp³-hybridized carbons (Fsp3) is 0.333. The van der Waals surface area contributed by atoms with Crippen LogP contribution in [0.1, 0.15) is 32.3 Å². The first-order chi connectivity index (χ1) is 7.33. The molecule has 3 nitrogen and oxygen atoms in total. The Balaban J connectivity index is 3.02. The zero-order chi connectivity index (χ0) is 12.3. The molecular weight excluding hydrogens is 224 g/mol. The van der Waals surface area contributed by atoms with Gasteiger partial charge in [-0.05, 0) is 30.5 Å². The molecule has 0 N–H and O–H groups in total. The molecule has 0 heterocycles. The molecule has 0 amide bonds. The van der Waals surface area contributed by atoms with E-state index < -0.39 is 10.1 Å². The summed E-state index contributed by atoms with van der Waals surface area (Å²) in [5, 5.41) is 0. The maximum absolute atomic E-state index is 11.6. The van der Waals surface area contributed by atoms with Crippen LogP contribution in [0.25, 0.3) is 0 Å². The summed E-state index contributed by atoms with van der Waals surface area (Å²) in [6.07, 6.45) is 0. The SMILES string of the molecule is C=C(C)OS(=O)(=O)c1ccc(C(C)C)cc1. The van der Waals surface area contributed by atoms with Crippen molar-refractivity contribution < 1.29 is 12.6 Å². The molecule has 0 bridgehead atoms. The lowest BCUT2D eigenvalue weighted by Crippen LogP contribution is -2.04. The summed E-state index contributed by atoms with van der Waals surface area (Å²) in [6.45, 7) is 9.01. The Hall–Kier alpha value is -1.29. The van der Waals surface area contributed by atoms with Gasteiger partial charge in [0.05, 0.1) is 0 Å². The second kappa shape index (κ2) is 4.70. The van der Waals surface area contributed by atoms with Crippen molar-refractivity contribution >= 4 is 10.1 Å². The van der Waals surface area contributed by atoms with Crippen LogP contribution in [0, 0.1) is 0 Å². The van der Waals surface area contributed by atoms with Crippen molar-refractivity contribution in [1.29, 1.82) is 0 Å². The summed E-state index contributed by atoms with van der Waals surface area (Å²) in [7, 11) is -3.70. The highest BCUT2D eigenvalue weighted by Gasteiger charge is 2.15. The number of allylic oxidation sites excluding steroid dienone is 1. The Morgan fingerprint density at radius 3 is 2.12 bits per heavy atom. The Bertz CT molecular complexity index is 469. The molecule has 1 aromatic carbocycles. The van der Waals surface area contributed by atoms with E-state index in [9.17, 15) is 8.42 Å². The van der Waals surface area contributed by atoms with Crippen LogP contribution in [0.15, 0.2) is 41.5 Å². The van der Waals surface area contributed by atoms with Crippen LogP contribution in [0.5, 0.6) is 0 Å². The standard InChI is InChI=1S/C12H16O3S/c1-9(2)11-5-7-12(8-6-11)16(13,14)15-10(3)4/h5-9H,3H2,1-2,4H3. The van der Waals surface area contributed by atoms with Gasteiger partial charge in [-0.1, -0.05) is 32.6 Å². The summed E-state index contributed by atoms with van der Waals surface area (Å²) in [5.41, 5.74) is 1.09. The number of benzene rings is 1. The van der Waals surface area contributed by atoms with Gasteiger partial charge in [0.15, 0.2) is 0 Å². The predicted octanol–water partition coefficient (Wildman–Crippen LogP) is 3.05. The van der Waals surface area contributed by atoms with Gasteiger partial charge in [0.2, 0.25) is 0 Å². The minimum atomic E-state index is -3.70. The minimum Gasteiger partial charge on any atom is -0.384 e. The number of rotatable bonds is 4. The van der Waals surface area contributed by atoms with Crippen LogP contribution >= 0.6 is 0 Å². The molecule has 1 aromatic rings. The highest BCUT2D eigenvalue weighted by molar-refractivity contribution is 7.86. The Kier molecular flexibility index (Phi) is 3.75. The first kappa shape index (κ1) is 12.8. The van der Waals surface area contributed by atoms with E-state index in [-0.39, 0.29) is 10.7 Å². The van der Waals surface area contributed by atoms with E-state index in [0.29, 0.717) is 5.92 Å². The summed E-state index contributed by atoms with van der Waals surface area (Å²) < 4.78 is 28.0. The largest absolute Gasteiger partial charge is 0.384 e. The molecule has 0 aromatic heterocycles. The summed E-state index contributed by atoms with van der Waals surface area (Å²) in [5.74, 6) is 0.534. The van der Waals surface area contributed by atoms with Gasteiger partial charge in [-0.2, -0.15) is 8.42 Å². The van der Waals surface area contributed by atoms with Gasteiger partial charge >= 0.3 is 10.1 Å². The molecule has 16 heavy (non-hydrogen) atoms. The molecule has 0 aliphatic carbocycles. The second-order valence-corrected chi connectivity index (χ2v) is 5.51. The van der Waals surface area contributed by atoms with Gasteiger partial charge in [-0.25, -0.2) is 0 Å². The predicted molar refractivity (Wildman–Crippen MR) is 63.6 cm³/mol. The summed E-state index contributed by atoms with van der Waals surface area (Å²) in [6, 6.07) is 6.68. The maximum atomic E-state index is 11.6. The van der Waals surface area contributed by atoms with E-state index in [2.05, 4.69) is 6.58 Å². The van der Waals surface area contributed by atoms with Crippen molar-refractivity contribution in [3.63, 3.8) is 0 Å². The van der Waals surface area contributed by atoms with Crippen LogP contribution in [-0.4, -0.2) is 8.42 Å². The van der Waals surface area contributed by atoms with Crippen LogP contribution in [0.4, 0.5) is 0 Å². The van der Waals surface area contributed by atoms with Gasteiger partial charge in [-0.15, -0.1) is 0 Å². The third-order valence-corrected chi connectivity index (χ3v) is 3.44. The van der Waals surface area contributed by atoms with Crippen molar-refractivity contribution in [2.45, 2.75) is 31.6 Å². The molecule has 0 atom stereocenters. The van der Waals surface area contributed by atoms with E-state index in [1.807, 2.05) is 13.8 Å². The first-order valence-electron chi connectivity index (χ1n) is 5.03. The molecule has 0 aliphatic rings. The molecule has 0 fully saturated rings. The zero-order valence-corrected chi connectivity index (χ0v) is 10.5. The third-order valence-electron chi connectivity index (χ3n) is 2.09. The van der Waals surface area contributed by atoms with Gasteiger partial charge in [-0.3, -0.25) is 0 Å². The number of hydrogen-bond acceptors (Lipinski definition) is 3. The molecule has 88 valence electrons. The highest BCUT2D eigenvalue weighted by atomic mass is 32.2. The Morgan fingerprint density at radius 1 is 1.25 bits per heavy atom. The van der Waals surface area contributed by atoms with Gasteiger partial charge in [0.1, 0.15) is 10.7 Å². The zero-order valence-electron chi connectivity index (χ0n) is 9.73. The van der Waals surface area contributed by atoms with E-state index in [1.54, 1.807) is 24.3 Å². The van der Waals surface area contributed by atoms with Crippen molar-refractivity contribution in [2.75, 3.05) is 0 Å². The Labute approximate surface area is 96.9 Å². The molecule has 0 unspecified atom stereocenters. The van der Waals surface area contributed by atoms with E-state index in [4.69, 9.17) is 4.18 Å². The van der Waals surface area contributed by atoms with Gasteiger partial charge in [0.25, 0.3) is 0 Å². The topological polar surface area (TPSA) is 43.4 Å². The van der Waals surface area contributed by atoms with Gasteiger partial charge < -0.3 is 4.18 Å². The van der Waals surface area contributed by atoms with E-state index in [1.165, 1.54) is 6.92 Å². The van der Waals surface area contributed by atoms with Gasteiger partial charge in [0, 0.05) is 0 Å². The summed E-state index contributed by atoms with van der Waals surface area (Å²) in [4.78, 5) is 0.153. The molecule has 0 saturated carbocycles. The van der Waals surface area contributed by atoms with Crippen molar-refractivity contribution in [1.82, 2.24) is 0 Å². The normalized spacial score (nSPS) is 11.5. The molecule has 0 saturated heterocycles. The molecule has 4 heteroatoms. The lowest BCUT2D eigenvalue weighted by atomic mass is 10.0. The van der Waals surface area contributed by atoms with Crippen molar-refractivity contribution in [3.8, 4) is 0 Å². The summed E-state index contributed by atoms with van der Waals surface area (Å²) >= 11 is 0. The van der Waals surface area contributed by atoms with E-state index in [0.717, 1.165) is 5.56 Å². The lowest BCUT2D eigenvalue weighted by molar-refractivity contribution is 0.410. The van der Waals surface area contributed by atoms with Crippen LogP contribution in [0.3, 0.4) is 0 Å². The highest BCUT2D eigenvalue weighted by Crippen LogP contribution is 2.19.